The first kappa shape index (κ1) is 18.2. The highest BCUT2D eigenvalue weighted by Crippen LogP contribution is 2.39. The van der Waals surface area contributed by atoms with Gasteiger partial charge in [0.15, 0.2) is 0 Å². The predicted molar refractivity (Wildman–Crippen MR) is 101 cm³/mol. The number of carbonyl (C=O) groups is 2. The van der Waals surface area contributed by atoms with Crippen LogP contribution in [0.25, 0.3) is 0 Å². The van der Waals surface area contributed by atoms with Gasteiger partial charge in [0.25, 0.3) is 5.91 Å². The monoisotopic (exact) mass is 351 g/mol. The van der Waals surface area contributed by atoms with Gasteiger partial charge in [-0.1, -0.05) is 30.3 Å². The van der Waals surface area contributed by atoms with Gasteiger partial charge in [-0.2, -0.15) is 0 Å². The van der Waals surface area contributed by atoms with Crippen molar-refractivity contribution < 1.29 is 14.7 Å². The van der Waals surface area contributed by atoms with Gasteiger partial charge in [0.2, 0.25) is 0 Å². The van der Waals surface area contributed by atoms with Crippen LogP contribution in [0.5, 0.6) is 5.75 Å². The van der Waals surface area contributed by atoms with Crippen LogP contribution in [0, 0.1) is 6.92 Å². The average molecular weight is 351 g/mol. The topological polar surface area (TPSA) is 57.6 Å². The molecule has 0 radical (unpaired) electrons. The maximum atomic E-state index is 12.9. The van der Waals surface area contributed by atoms with Gasteiger partial charge in [-0.15, -0.1) is 0 Å². The molecule has 1 aliphatic heterocycles. The van der Waals surface area contributed by atoms with E-state index in [9.17, 15) is 14.7 Å². The van der Waals surface area contributed by atoms with Crippen molar-refractivity contribution in [1.82, 2.24) is 4.90 Å². The highest BCUT2D eigenvalue weighted by Gasteiger charge is 2.38. The van der Waals surface area contributed by atoms with Crippen LogP contribution in [0.15, 0.2) is 48.5 Å². The molecule has 3 rings (SSSR count). The molecule has 1 saturated heterocycles. The number of phenols is 1. The van der Waals surface area contributed by atoms with E-state index in [1.54, 1.807) is 6.07 Å². The zero-order valence-electron chi connectivity index (χ0n) is 15.1. The standard InChI is InChI=1S/C22H25NO3/c1-17-15-19(9-10-20(17)25)22(12-6-14-24)11-5-13-23(16-22)21(26)18-7-3-2-4-8-18/h2-4,7-10,14-15,25H,5-6,11-13,16H2,1H3. The summed E-state index contributed by atoms with van der Waals surface area (Å²) < 4.78 is 0. The summed E-state index contributed by atoms with van der Waals surface area (Å²) in [5.74, 6) is 0.309. The van der Waals surface area contributed by atoms with Crippen LogP contribution in [0.2, 0.25) is 0 Å². The Kier molecular flexibility index (Phi) is 5.40. The molecule has 1 amide bonds. The fourth-order valence-electron chi connectivity index (χ4n) is 3.97. The van der Waals surface area contributed by atoms with Crippen LogP contribution in [-0.4, -0.2) is 35.3 Å². The summed E-state index contributed by atoms with van der Waals surface area (Å²) in [5, 5.41) is 9.87. The molecule has 0 bridgehead atoms. The van der Waals surface area contributed by atoms with Gasteiger partial charge in [-0.3, -0.25) is 4.79 Å². The number of nitrogens with zero attached hydrogens (tertiary/aromatic N) is 1. The Morgan fingerprint density at radius 2 is 2.00 bits per heavy atom. The minimum atomic E-state index is -0.248. The number of aldehydes is 1. The van der Waals surface area contributed by atoms with Crippen molar-refractivity contribution in [2.75, 3.05) is 13.1 Å². The second-order valence-corrected chi connectivity index (χ2v) is 7.18. The lowest BCUT2D eigenvalue weighted by Crippen LogP contribution is -2.48. The third-order valence-electron chi connectivity index (χ3n) is 5.43. The Bertz CT molecular complexity index is 787. The number of piperidine rings is 1. The minimum Gasteiger partial charge on any atom is -0.508 e. The summed E-state index contributed by atoms with van der Waals surface area (Å²) in [6, 6.07) is 15.0. The maximum Gasteiger partial charge on any atom is 0.253 e. The summed E-state index contributed by atoms with van der Waals surface area (Å²) in [6.07, 6.45) is 3.96. The zero-order chi connectivity index (χ0) is 18.6. The summed E-state index contributed by atoms with van der Waals surface area (Å²) >= 11 is 0. The number of aryl methyl sites for hydroxylation is 1. The molecule has 0 spiro atoms. The lowest BCUT2D eigenvalue weighted by Gasteiger charge is -2.43. The fraction of sp³-hybridized carbons (Fsp3) is 0.364. The van der Waals surface area contributed by atoms with Gasteiger partial charge in [-0.05, 0) is 55.5 Å². The van der Waals surface area contributed by atoms with Crippen LogP contribution in [0.4, 0.5) is 0 Å². The molecule has 1 fully saturated rings. The third-order valence-corrected chi connectivity index (χ3v) is 5.43. The van der Waals surface area contributed by atoms with Crippen LogP contribution < -0.4 is 0 Å². The first-order valence-electron chi connectivity index (χ1n) is 9.14. The first-order chi connectivity index (χ1) is 12.6. The summed E-state index contributed by atoms with van der Waals surface area (Å²) in [6.45, 7) is 3.20. The third kappa shape index (κ3) is 3.64. The lowest BCUT2D eigenvalue weighted by molar-refractivity contribution is -0.108. The van der Waals surface area contributed by atoms with E-state index >= 15 is 0 Å². The SMILES string of the molecule is Cc1cc(C2(CCC=O)CCCN(C(=O)c3ccccc3)C2)ccc1O. The Labute approximate surface area is 154 Å². The van der Waals surface area contributed by atoms with Crippen molar-refractivity contribution >= 4 is 12.2 Å². The van der Waals surface area contributed by atoms with Crippen molar-refractivity contribution in [1.29, 1.82) is 0 Å². The zero-order valence-corrected chi connectivity index (χ0v) is 15.1. The van der Waals surface area contributed by atoms with Gasteiger partial charge in [0.05, 0.1) is 0 Å². The van der Waals surface area contributed by atoms with Crippen LogP contribution >= 0.6 is 0 Å². The van der Waals surface area contributed by atoms with Crippen molar-refractivity contribution in [3.05, 3.63) is 65.2 Å². The molecule has 136 valence electrons. The maximum absolute atomic E-state index is 12.9. The first-order valence-corrected chi connectivity index (χ1v) is 9.14. The van der Waals surface area contributed by atoms with E-state index in [0.29, 0.717) is 24.9 Å². The lowest BCUT2D eigenvalue weighted by atomic mass is 9.70. The number of hydrogen-bond acceptors (Lipinski definition) is 3. The molecular formula is C22H25NO3. The van der Waals surface area contributed by atoms with Crippen molar-refractivity contribution in [3.63, 3.8) is 0 Å². The number of likely N-dealkylation sites (tertiary alicyclic amines) is 1. The van der Waals surface area contributed by atoms with E-state index in [-0.39, 0.29) is 17.1 Å². The van der Waals surface area contributed by atoms with Gasteiger partial charge in [0.1, 0.15) is 12.0 Å². The van der Waals surface area contributed by atoms with Crippen molar-refractivity contribution in [3.8, 4) is 5.75 Å². The number of rotatable bonds is 5. The molecule has 1 atom stereocenters. The van der Waals surface area contributed by atoms with Crippen LogP contribution in [0.3, 0.4) is 0 Å². The molecule has 2 aromatic rings. The Morgan fingerprint density at radius 1 is 1.23 bits per heavy atom. The highest BCUT2D eigenvalue weighted by atomic mass is 16.3. The number of phenolic OH excluding ortho intramolecular Hbond substituents is 1. The second-order valence-electron chi connectivity index (χ2n) is 7.18. The normalized spacial score (nSPS) is 20.0. The molecule has 26 heavy (non-hydrogen) atoms. The van der Waals surface area contributed by atoms with Crippen LogP contribution in [0.1, 0.15) is 47.2 Å². The Balaban J connectivity index is 1.92. The second kappa shape index (κ2) is 7.73. The van der Waals surface area contributed by atoms with Gasteiger partial charge >= 0.3 is 0 Å². The smallest absolute Gasteiger partial charge is 0.253 e. The molecule has 0 aliphatic carbocycles. The molecule has 4 nitrogen and oxygen atoms in total. The van der Waals surface area contributed by atoms with E-state index in [1.165, 1.54) is 0 Å². The van der Waals surface area contributed by atoms with Gasteiger partial charge in [-0.25, -0.2) is 0 Å². The summed E-state index contributed by atoms with van der Waals surface area (Å²) in [5.41, 5.74) is 2.36. The van der Waals surface area contributed by atoms with E-state index in [2.05, 4.69) is 0 Å². The number of hydrogen-bond donors (Lipinski definition) is 1. The Morgan fingerprint density at radius 3 is 2.69 bits per heavy atom. The highest BCUT2D eigenvalue weighted by molar-refractivity contribution is 5.94. The quantitative estimate of drug-likeness (QED) is 0.833. The molecule has 4 heteroatoms. The Hall–Kier alpha value is -2.62. The van der Waals surface area contributed by atoms with E-state index < -0.39 is 0 Å². The van der Waals surface area contributed by atoms with E-state index in [0.717, 1.165) is 36.8 Å². The fourth-order valence-corrected chi connectivity index (χ4v) is 3.97. The minimum absolute atomic E-state index is 0.0382. The molecule has 1 aliphatic rings. The summed E-state index contributed by atoms with van der Waals surface area (Å²) in [4.78, 5) is 25.9. The predicted octanol–water partition coefficient (Wildman–Crippen LogP) is 3.85. The summed E-state index contributed by atoms with van der Waals surface area (Å²) in [7, 11) is 0. The average Bonchev–Trinajstić information content (AvgIpc) is 2.68. The van der Waals surface area contributed by atoms with Crippen LogP contribution in [-0.2, 0) is 10.2 Å². The van der Waals surface area contributed by atoms with Crippen molar-refractivity contribution in [2.24, 2.45) is 0 Å². The largest absolute Gasteiger partial charge is 0.508 e. The van der Waals surface area contributed by atoms with E-state index in [1.807, 2.05) is 54.3 Å². The number of carbonyl (C=O) groups excluding carboxylic acids is 2. The molecule has 0 saturated carbocycles. The molecule has 1 N–H and O–H groups in total. The number of aromatic hydroxyl groups is 1. The molecule has 1 heterocycles. The van der Waals surface area contributed by atoms with Gasteiger partial charge in [0, 0.05) is 30.5 Å². The number of amides is 1. The number of benzene rings is 2. The molecule has 0 aromatic heterocycles. The molecular weight excluding hydrogens is 326 g/mol. The van der Waals surface area contributed by atoms with Gasteiger partial charge < -0.3 is 14.8 Å². The van der Waals surface area contributed by atoms with Crippen molar-refractivity contribution in [2.45, 2.75) is 38.0 Å². The molecule has 1 unspecified atom stereocenters. The van der Waals surface area contributed by atoms with E-state index in [4.69, 9.17) is 0 Å². The molecule has 2 aromatic carbocycles.